The van der Waals surface area contributed by atoms with Gasteiger partial charge in [-0.05, 0) is 19.8 Å². The highest BCUT2D eigenvalue weighted by molar-refractivity contribution is 8.00. The van der Waals surface area contributed by atoms with Crippen LogP contribution >= 0.6 is 11.8 Å². The molecule has 0 radical (unpaired) electrons. The van der Waals surface area contributed by atoms with Crippen molar-refractivity contribution in [2.45, 2.75) is 30.7 Å². The molecule has 2 rings (SSSR count). The summed E-state index contributed by atoms with van der Waals surface area (Å²) in [5.74, 6) is 1.24. The predicted octanol–water partition coefficient (Wildman–Crippen LogP) is 1.22. The smallest absolute Gasteiger partial charge is 0.0885 e. The second-order valence-electron chi connectivity index (χ2n) is 3.51. The van der Waals surface area contributed by atoms with Gasteiger partial charge in [-0.1, -0.05) is 0 Å². The topological polar surface area (TPSA) is 21.3 Å². The lowest BCUT2D eigenvalue weighted by Crippen LogP contribution is -2.46. The van der Waals surface area contributed by atoms with Crippen LogP contribution in [-0.2, 0) is 4.74 Å². The van der Waals surface area contributed by atoms with Crippen molar-refractivity contribution in [1.82, 2.24) is 5.32 Å². The van der Waals surface area contributed by atoms with Gasteiger partial charge in [0.25, 0.3) is 0 Å². The fourth-order valence-electron chi connectivity index (χ4n) is 1.81. The third-order valence-electron chi connectivity index (χ3n) is 2.32. The molecule has 2 aliphatic rings. The summed E-state index contributed by atoms with van der Waals surface area (Å²) in [5, 5.41) is 3.61. The fourth-order valence-corrected chi connectivity index (χ4v) is 3.21. The van der Waals surface area contributed by atoms with Crippen LogP contribution in [0.4, 0.5) is 0 Å². The highest BCUT2D eigenvalue weighted by atomic mass is 32.2. The van der Waals surface area contributed by atoms with E-state index in [2.05, 4.69) is 12.2 Å². The van der Waals surface area contributed by atoms with Gasteiger partial charge in [0.15, 0.2) is 0 Å². The van der Waals surface area contributed by atoms with Crippen LogP contribution in [0.3, 0.4) is 0 Å². The van der Waals surface area contributed by atoms with Crippen molar-refractivity contribution in [2.24, 2.45) is 0 Å². The van der Waals surface area contributed by atoms with Crippen molar-refractivity contribution in [1.29, 1.82) is 0 Å². The molecule has 0 bridgehead atoms. The zero-order chi connectivity index (χ0) is 7.73. The molecule has 2 atom stereocenters. The normalized spacial score (nSPS) is 45.0. The summed E-state index contributed by atoms with van der Waals surface area (Å²) >= 11 is 2.04. The van der Waals surface area contributed by atoms with E-state index in [0.717, 1.165) is 13.2 Å². The van der Waals surface area contributed by atoms with Gasteiger partial charge in [0, 0.05) is 18.4 Å². The molecule has 0 amide bonds. The van der Waals surface area contributed by atoms with Crippen LogP contribution in [0.2, 0.25) is 0 Å². The summed E-state index contributed by atoms with van der Waals surface area (Å²) < 4.78 is 5.47. The van der Waals surface area contributed by atoms with Crippen LogP contribution in [0.15, 0.2) is 0 Å². The van der Waals surface area contributed by atoms with E-state index in [-0.39, 0.29) is 4.87 Å². The first kappa shape index (κ1) is 7.90. The Bertz CT molecular complexity index is 140. The van der Waals surface area contributed by atoms with Gasteiger partial charge in [-0.3, -0.25) is 5.32 Å². The van der Waals surface area contributed by atoms with E-state index in [9.17, 15) is 0 Å². The first-order valence-corrected chi connectivity index (χ1v) is 5.29. The van der Waals surface area contributed by atoms with Crippen LogP contribution in [0.5, 0.6) is 0 Å². The molecule has 2 unspecified atom stereocenters. The molecule has 2 aliphatic heterocycles. The molecule has 0 aliphatic carbocycles. The summed E-state index contributed by atoms with van der Waals surface area (Å²) in [6.07, 6.45) is 2.49. The van der Waals surface area contributed by atoms with E-state index >= 15 is 0 Å². The number of rotatable bonds is 0. The van der Waals surface area contributed by atoms with Gasteiger partial charge in [-0.25, -0.2) is 0 Å². The van der Waals surface area contributed by atoms with Crippen LogP contribution in [0, 0.1) is 0 Å². The van der Waals surface area contributed by atoms with E-state index < -0.39 is 0 Å². The molecule has 3 heteroatoms. The van der Waals surface area contributed by atoms with Crippen molar-refractivity contribution in [3.63, 3.8) is 0 Å². The molecule has 2 saturated heterocycles. The van der Waals surface area contributed by atoms with Gasteiger partial charge in [0.1, 0.15) is 0 Å². The molecular weight excluding hydrogens is 158 g/mol. The molecule has 0 aromatic heterocycles. The van der Waals surface area contributed by atoms with E-state index in [0.29, 0.717) is 6.04 Å². The Morgan fingerprint density at radius 3 is 3.09 bits per heavy atom. The second kappa shape index (κ2) is 2.96. The third-order valence-corrected chi connectivity index (χ3v) is 3.98. The number of hydrogen-bond donors (Lipinski definition) is 1. The maximum absolute atomic E-state index is 5.47. The number of thioether (sulfide) groups is 1. The molecule has 0 saturated carbocycles. The maximum Gasteiger partial charge on any atom is 0.0885 e. The number of ether oxygens (including phenoxy) is 1. The maximum atomic E-state index is 5.47. The quantitative estimate of drug-likeness (QED) is 0.595. The van der Waals surface area contributed by atoms with Crippen LogP contribution in [0.25, 0.3) is 0 Å². The van der Waals surface area contributed by atoms with Gasteiger partial charge in [-0.15, -0.1) is 11.8 Å². The minimum absolute atomic E-state index is 0.289. The highest BCUT2D eigenvalue weighted by Gasteiger charge is 2.39. The summed E-state index contributed by atoms with van der Waals surface area (Å²) in [4.78, 5) is 0.289. The SMILES string of the molecule is CC1CSC2(CCCOC2)N1. The zero-order valence-corrected chi connectivity index (χ0v) is 7.75. The zero-order valence-electron chi connectivity index (χ0n) is 6.93. The monoisotopic (exact) mass is 173 g/mol. The Balaban J connectivity index is 1.98. The molecule has 0 aromatic carbocycles. The average molecular weight is 173 g/mol. The summed E-state index contributed by atoms with van der Waals surface area (Å²) in [7, 11) is 0. The molecule has 2 nitrogen and oxygen atoms in total. The summed E-state index contributed by atoms with van der Waals surface area (Å²) in [6, 6.07) is 0.668. The number of hydrogen-bond acceptors (Lipinski definition) is 3. The average Bonchev–Trinajstić information content (AvgIpc) is 2.34. The lowest BCUT2D eigenvalue weighted by atomic mass is 10.1. The van der Waals surface area contributed by atoms with Crippen LogP contribution in [-0.4, -0.2) is 29.9 Å². The number of nitrogens with one attached hydrogen (secondary N) is 1. The van der Waals surface area contributed by atoms with E-state index in [4.69, 9.17) is 4.74 Å². The van der Waals surface area contributed by atoms with Crippen molar-refractivity contribution >= 4 is 11.8 Å². The van der Waals surface area contributed by atoms with Crippen molar-refractivity contribution < 1.29 is 4.74 Å². The lowest BCUT2D eigenvalue weighted by Gasteiger charge is -2.32. The molecule has 2 fully saturated rings. The Morgan fingerprint density at radius 2 is 2.55 bits per heavy atom. The van der Waals surface area contributed by atoms with Crippen molar-refractivity contribution in [2.75, 3.05) is 19.0 Å². The van der Waals surface area contributed by atoms with Crippen LogP contribution < -0.4 is 5.32 Å². The minimum Gasteiger partial charge on any atom is -0.379 e. The molecule has 2 heterocycles. The Morgan fingerprint density at radius 1 is 1.64 bits per heavy atom. The molecule has 1 spiro atoms. The van der Waals surface area contributed by atoms with Gasteiger partial charge in [-0.2, -0.15) is 0 Å². The van der Waals surface area contributed by atoms with Crippen LogP contribution in [0.1, 0.15) is 19.8 Å². The van der Waals surface area contributed by atoms with Gasteiger partial charge in [0.05, 0.1) is 11.5 Å². The molecule has 11 heavy (non-hydrogen) atoms. The summed E-state index contributed by atoms with van der Waals surface area (Å²) in [6.45, 7) is 4.11. The Hall–Kier alpha value is 0.270. The fraction of sp³-hybridized carbons (Fsp3) is 1.00. The Kier molecular flexibility index (Phi) is 2.12. The van der Waals surface area contributed by atoms with Gasteiger partial charge >= 0.3 is 0 Å². The van der Waals surface area contributed by atoms with Gasteiger partial charge in [0.2, 0.25) is 0 Å². The lowest BCUT2D eigenvalue weighted by molar-refractivity contribution is 0.0585. The predicted molar refractivity (Wildman–Crippen MR) is 47.8 cm³/mol. The van der Waals surface area contributed by atoms with Crippen molar-refractivity contribution in [3.8, 4) is 0 Å². The standard InChI is InChI=1S/C8H15NOS/c1-7-5-11-8(9-7)3-2-4-10-6-8/h7,9H,2-6H2,1H3. The molecule has 0 aromatic rings. The second-order valence-corrected chi connectivity index (χ2v) is 4.91. The van der Waals surface area contributed by atoms with Crippen molar-refractivity contribution in [3.05, 3.63) is 0 Å². The first-order chi connectivity index (χ1) is 5.31. The molecule has 1 N–H and O–H groups in total. The first-order valence-electron chi connectivity index (χ1n) is 4.30. The third kappa shape index (κ3) is 1.55. The van der Waals surface area contributed by atoms with Gasteiger partial charge < -0.3 is 4.74 Å². The molecule has 64 valence electrons. The molecular formula is C8H15NOS. The highest BCUT2D eigenvalue weighted by Crippen LogP contribution is 2.36. The van der Waals surface area contributed by atoms with E-state index in [1.807, 2.05) is 11.8 Å². The summed E-state index contributed by atoms with van der Waals surface area (Å²) in [5.41, 5.74) is 0. The minimum atomic E-state index is 0.289. The van der Waals surface area contributed by atoms with E-state index in [1.54, 1.807) is 0 Å². The van der Waals surface area contributed by atoms with E-state index in [1.165, 1.54) is 18.6 Å². The largest absolute Gasteiger partial charge is 0.379 e. The Labute approximate surface area is 72.1 Å².